The van der Waals surface area contributed by atoms with E-state index in [1.54, 1.807) is 24.0 Å². The van der Waals surface area contributed by atoms with E-state index in [0.717, 1.165) is 16.8 Å². The summed E-state index contributed by atoms with van der Waals surface area (Å²) in [6.45, 7) is 0. The number of aromatic nitrogens is 2. The summed E-state index contributed by atoms with van der Waals surface area (Å²) < 4.78 is 1.60. The highest BCUT2D eigenvalue weighted by Gasteiger charge is 2.08. The zero-order valence-electron chi connectivity index (χ0n) is 11.7. The van der Waals surface area contributed by atoms with Crippen LogP contribution >= 0.6 is 0 Å². The van der Waals surface area contributed by atoms with E-state index >= 15 is 0 Å². The predicted molar refractivity (Wildman–Crippen MR) is 83.0 cm³/mol. The quantitative estimate of drug-likeness (QED) is 0.798. The highest BCUT2D eigenvalue weighted by atomic mass is 16.1. The highest BCUT2D eigenvalue weighted by molar-refractivity contribution is 6.02. The molecule has 0 fully saturated rings. The standard InChI is InChI=1S/C17H15N3O/c1-20-12-11-16(19-20)17(21)18-15-9-7-14(8-10-15)13-5-3-2-4-6-13/h2-12H,1H3,(H,18,21). The molecule has 1 aromatic heterocycles. The van der Waals surface area contributed by atoms with Crippen molar-refractivity contribution in [1.82, 2.24) is 9.78 Å². The second kappa shape index (κ2) is 5.63. The predicted octanol–water partition coefficient (Wildman–Crippen LogP) is 3.34. The lowest BCUT2D eigenvalue weighted by Crippen LogP contribution is -2.12. The van der Waals surface area contributed by atoms with E-state index in [9.17, 15) is 4.79 Å². The molecule has 0 aliphatic rings. The first kappa shape index (κ1) is 13.1. The van der Waals surface area contributed by atoms with Gasteiger partial charge in [-0.15, -0.1) is 0 Å². The number of nitrogens with one attached hydrogen (secondary N) is 1. The summed E-state index contributed by atoms with van der Waals surface area (Å²) in [5, 5.41) is 6.91. The number of nitrogens with zero attached hydrogens (tertiary/aromatic N) is 2. The monoisotopic (exact) mass is 277 g/mol. The van der Waals surface area contributed by atoms with E-state index in [0.29, 0.717) is 5.69 Å². The molecule has 1 heterocycles. The van der Waals surface area contributed by atoms with E-state index in [4.69, 9.17) is 0 Å². The van der Waals surface area contributed by atoms with Crippen molar-refractivity contribution in [2.75, 3.05) is 5.32 Å². The Hall–Kier alpha value is -2.88. The largest absolute Gasteiger partial charge is 0.321 e. The van der Waals surface area contributed by atoms with Crippen LogP contribution < -0.4 is 5.32 Å². The van der Waals surface area contributed by atoms with Crippen molar-refractivity contribution in [3.05, 3.63) is 72.6 Å². The van der Waals surface area contributed by atoms with Crippen LogP contribution in [0, 0.1) is 0 Å². The Labute approximate surface area is 123 Å². The minimum Gasteiger partial charge on any atom is -0.321 e. The molecule has 0 saturated carbocycles. The molecular formula is C17H15N3O. The molecule has 0 radical (unpaired) electrons. The van der Waals surface area contributed by atoms with Gasteiger partial charge in [-0.05, 0) is 29.3 Å². The smallest absolute Gasteiger partial charge is 0.276 e. The van der Waals surface area contributed by atoms with Crippen LogP contribution in [0.1, 0.15) is 10.5 Å². The average molecular weight is 277 g/mol. The molecule has 2 aromatic carbocycles. The van der Waals surface area contributed by atoms with Gasteiger partial charge in [-0.1, -0.05) is 42.5 Å². The van der Waals surface area contributed by atoms with E-state index in [1.165, 1.54) is 0 Å². The number of anilines is 1. The molecule has 4 heteroatoms. The van der Waals surface area contributed by atoms with Crippen molar-refractivity contribution < 1.29 is 4.79 Å². The third-order valence-electron chi connectivity index (χ3n) is 3.20. The van der Waals surface area contributed by atoms with Crippen molar-refractivity contribution in [2.24, 2.45) is 7.05 Å². The Morgan fingerprint density at radius 3 is 2.24 bits per heavy atom. The molecule has 1 N–H and O–H groups in total. The summed E-state index contributed by atoms with van der Waals surface area (Å²) in [6.07, 6.45) is 1.74. The third-order valence-corrected chi connectivity index (χ3v) is 3.20. The number of carbonyl (C=O) groups is 1. The van der Waals surface area contributed by atoms with Crippen LogP contribution in [0.3, 0.4) is 0 Å². The number of hydrogen-bond acceptors (Lipinski definition) is 2. The van der Waals surface area contributed by atoms with Crippen molar-refractivity contribution in [1.29, 1.82) is 0 Å². The summed E-state index contributed by atoms with van der Waals surface area (Å²) in [4.78, 5) is 12.0. The minimum absolute atomic E-state index is 0.205. The molecule has 0 aliphatic carbocycles. The van der Waals surface area contributed by atoms with Gasteiger partial charge >= 0.3 is 0 Å². The van der Waals surface area contributed by atoms with Gasteiger partial charge in [0.1, 0.15) is 0 Å². The lowest BCUT2D eigenvalue weighted by Gasteiger charge is -2.05. The van der Waals surface area contributed by atoms with Gasteiger partial charge in [0.15, 0.2) is 5.69 Å². The van der Waals surface area contributed by atoms with Gasteiger partial charge in [0.2, 0.25) is 0 Å². The second-order valence-corrected chi connectivity index (χ2v) is 4.77. The topological polar surface area (TPSA) is 46.9 Å². The Kier molecular flexibility index (Phi) is 3.51. The number of benzene rings is 2. The zero-order valence-corrected chi connectivity index (χ0v) is 11.7. The van der Waals surface area contributed by atoms with Crippen LogP contribution in [-0.4, -0.2) is 15.7 Å². The fraction of sp³-hybridized carbons (Fsp3) is 0.0588. The maximum absolute atomic E-state index is 12.0. The van der Waals surface area contributed by atoms with E-state index in [1.807, 2.05) is 42.5 Å². The van der Waals surface area contributed by atoms with Crippen molar-refractivity contribution >= 4 is 11.6 Å². The third kappa shape index (κ3) is 3.00. The van der Waals surface area contributed by atoms with Crippen LogP contribution in [-0.2, 0) is 7.05 Å². The average Bonchev–Trinajstić information content (AvgIpc) is 2.96. The van der Waals surface area contributed by atoms with Crippen molar-refractivity contribution in [3.8, 4) is 11.1 Å². The van der Waals surface area contributed by atoms with Gasteiger partial charge < -0.3 is 5.32 Å². The summed E-state index contributed by atoms with van der Waals surface area (Å²) in [5.74, 6) is -0.205. The lowest BCUT2D eigenvalue weighted by atomic mass is 10.1. The number of aryl methyl sites for hydroxylation is 1. The van der Waals surface area contributed by atoms with E-state index in [-0.39, 0.29) is 5.91 Å². The lowest BCUT2D eigenvalue weighted by molar-refractivity contribution is 0.102. The van der Waals surface area contributed by atoms with Crippen LogP contribution in [0.25, 0.3) is 11.1 Å². The van der Waals surface area contributed by atoms with Gasteiger partial charge in [0.25, 0.3) is 5.91 Å². The highest BCUT2D eigenvalue weighted by Crippen LogP contribution is 2.21. The van der Waals surface area contributed by atoms with Crippen LogP contribution in [0.5, 0.6) is 0 Å². The van der Waals surface area contributed by atoms with Crippen molar-refractivity contribution in [2.45, 2.75) is 0 Å². The molecule has 104 valence electrons. The molecule has 0 saturated heterocycles. The summed E-state index contributed by atoms with van der Waals surface area (Å²) in [6, 6.07) is 19.6. The summed E-state index contributed by atoms with van der Waals surface area (Å²) >= 11 is 0. The molecule has 0 unspecified atom stereocenters. The second-order valence-electron chi connectivity index (χ2n) is 4.77. The van der Waals surface area contributed by atoms with Gasteiger partial charge in [0.05, 0.1) is 0 Å². The molecule has 21 heavy (non-hydrogen) atoms. The Morgan fingerprint density at radius 1 is 0.952 bits per heavy atom. The zero-order chi connectivity index (χ0) is 14.7. The van der Waals surface area contributed by atoms with Gasteiger partial charge in [-0.2, -0.15) is 5.10 Å². The van der Waals surface area contributed by atoms with Gasteiger partial charge in [-0.25, -0.2) is 0 Å². The Bertz CT molecular complexity index is 745. The van der Waals surface area contributed by atoms with Crippen molar-refractivity contribution in [3.63, 3.8) is 0 Å². The SMILES string of the molecule is Cn1ccc(C(=O)Nc2ccc(-c3ccccc3)cc2)n1. The van der Waals surface area contributed by atoms with Crippen LogP contribution in [0.4, 0.5) is 5.69 Å². The van der Waals surface area contributed by atoms with E-state index in [2.05, 4.69) is 22.5 Å². The molecule has 1 amide bonds. The van der Waals surface area contributed by atoms with Crippen LogP contribution in [0.2, 0.25) is 0 Å². The normalized spacial score (nSPS) is 10.3. The first-order valence-corrected chi connectivity index (χ1v) is 6.69. The summed E-state index contributed by atoms with van der Waals surface area (Å²) in [7, 11) is 1.78. The Morgan fingerprint density at radius 2 is 1.62 bits per heavy atom. The van der Waals surface area contributed by atoms with Crippen LogP contribution in [0.15, 0.2) is 66.9 Å². The summed E-state index contributed by atoms with van der Waals surface area (Å²) in [5.41, 5.74) is 3.43. The van der Waals surface area contributed by atoms with Gasteiger partial charge in [-0.3, -0.25) is 9.48 Å². The molecule has 0 spiro atoms. The Balaban J connectivity index is 1.74. The molecule has 0 bridgehead atoms. The molecule has 3 rings (SSSR count). The molecule has 0 atom stereocenters. The van der Waals surface area contributed by atoms with E-state index < -0.39 is 0 Å². The first-order chi connectivity index (χ1) is 10.2. The number of carbonyl (C=O) groups excluding carboxylic acids is 1. The number of amides is 1. The maximum atomic E-state index is 12.0. The molecule has 4 nitrogen and oxygen atoms in total. The molecular weight excluding hydrogens is 262 g/mol. The number of rotatable bonds is 3. The minimum atomic E-state index is -0.205. The molecule has 0 aliphatic heterocycles. The fourth-order valence-corrected chi connectivity index (χ4v) is 2.11. The number of hydrogen-bond donors (Lipinski definition) is 1. The van der Waals surface area contributed by atoms with Gasteiger partial charge in [0, 0.05) is 18.9 Å². The first-order valence-electron chi connectivity index (χ1n) is 6.69. The maximum Gasteiger partial charge on any atom is 0.276 e. The fourth-order valence-electron chi connectivity index (χ4n) is 2.11. The molecule has 3 aromatic rings.